The monoisotopic (exact) mass is 325 g/mol. The van der Waals surface area contributed by atoms with Crippen LogP contribution in [-0.4, -0.2) is 24.2 Å². The van der Waals surface area contributed by atoms with Crippen LogP contribution in [0.3, 0.4) is 0 Å². The zero-order valence-electron chi connectivity index (χ0n) is 12.9. The van der Waals surface area contributed by atoms with E-state index in [4.69, 9.17) is 4.74 Å². The third-order valence-corrected chi connectivity index (χ3v) is 3.07. The third kappa shape index (κ3) is 4.51. The average molecular weight is 325 g/mol. The second-order valence-corrected chi connectivity index (χ2v) is 4.63. The first kappa shape index (κ1) is 16.9. The second-order valence-electron chi connectivity index (χ2n) is 4.63. The summed E-state index contributed by atoms with van der Waals surface area (Å²) in [6.45, 7) is 0. The number of ether oxygens (including phenoxy) is 1. The summed E-state index contributed by atoms with van der Waals surface area (Å²) in [6, 6.07) is 12.9. The molecule has 1 N–H and O–H groups in total. The molecule has 122 valence electrons. The molecular formula is C17H15N3O4. The van der Waals surface area contributed by atoms with Crippen molar-refractivity contribution in [2.24, 2.45) is 5.10 Å². The summed E-state index contributed by atoms with van der Waals surface area (Å²) in [4.78, 5) is 22.1. The van der Waals surface area contributed by atoms with Crippen molar-refractivity contribution in [1.29, 1.82) is 0 Å². The van der Waals surface area contributed by atoms with Gasteiger partial charge in [0.25, 0.3) is 11.6 Å². The van der Waals surface area contributed by atoms with Gasteiger partial charge in [0.2, 0.25) is 0 Å². The number of non-ortho nitro benzene ring substituents is 1. The van der Waals surface area contributed by atoms with Crippen LogP contribution in [0.1, 0.15) is 15.9 Å². The van der Waals surface area contributed by atoms with E-state index in [1.807, 2.05) is 0 Å². The lowest BCUT2D eigenvalue weighted by Gasteiger charge is -2.05. The summed E-state index contributed by atoms with van der Waals surface area (Å²) in [6.07, 6.45) is 4.74. The molecule has 7 heteroatoms. The molecule has 2 rings (SSSR count). The molecule has 0 aliphatic heterocycles. The van der Waals surface area contributed by atoms with Crippen LogP contribution in [0, 0.1) is 10.1 Å². The smallest absolute Gasteiger partial charge is 0.275 e. The van der Waals surface area contributed by atoms with E-state index < -0.39 is 4.92 Å². The van der Waals surface area contributed by atoms with Gasteiger partial charge in [0.15, 0.2) is 0 Å². The molecule has 2 aromatic rings. The number of allylic oxidation sites excluding steroid dienone is 1. The molecule has 0 aromatic heterocycles. The van der Waals surface area contributed by atoms with Gasteiger partial charge in [-0.05, 0) is 35.9 Å². The fourth-order valence-electron chi connectivity index (χ4n) is 1.89. The number of nitrogens with one attached hydrogen (secondary N) is 1. The number of hydrazone groups is 1. The summed E-state index contributed by atoms with van der Waals surface area (Å²) in [5, 5.41) is 14.4. The molecule has 24 heavy (non-hydrogen) atoms. The Morgan fingerprint density at radius 2 is 1.92 bits per heavy atom. The van der Waals surface area contributed by atoms with Crippen molar-refractivity contribution in [2.45, 2.75) is 0 Å². The van der Waals surface area contributed by atoms with Crippen molar-refractivity contribution < 1.29 is 14.5 Å². The minimum absolute atomic E-state index is 0.0323. The van der Waals surface area contributed by atoms with E-state index in [0.29, 0.717) is 11.3 Å². The first-order valence-electron chi connectivity index (χ1n) is 6.99. The molecular weight excluding hydrogens is 310 g/mol. The Kier molecular flexibility index (Phi) is 5.79. The molecule has 0 unspecified atom stereocenters. The fraction of sp³-hybridized carbons (Fsp3) is 0.0588. The van der Waals surface area contributed by atoms with Crippen molar-refractivity contribution in [1.82, 2.24) is 5.43 Å². The highest BCUT2D eigenvalue weighted by Gasteiger charge is 2.09. The predicted molar refractivity (Wildman–Crippen MR) is 91.1 cm³/mol. The number of carbonyl (C=O) groups excluding carboxylic acids is 1. The molecule has 0 fully saturated rings. The Hall–Kier alpha value is -3.48. The Bertz CT molecular complexity index is 783. The lowest BCUT2D eigenvalue weighted by atomic mass is 10.2. The van der Waals surface area contributed by atoms with Gasteiger partial charge in [-0.1, -0.05) is 18.2 Å². The topological polar surface area (TPSA) is 93.8 Å². The summed E-state index contributed by atoms with van der Waals surface area (Å²) < 4.78 is 5.10. The highest BCUT2D eigenvalue weighted by molar-refractivity contribution is 5.97. The quantitative estimate of drug-likeness (QED) is 0.502. The summed E-state index contributed by atoms with van der Waals surface area (Å²) in [5.74, 6) is 0.0825. The van der Waals surface area contributed by atoms with Gasteiger partial charge < -0.3 is 4.74 Å². The summed E-state index contributed by atoms with van der Waals surface area (Å²) in [7, 11) is 1.49. The Balaban J connectivity index is 1.92. The normalized spacial score (nSPS) is 10.9. The number of hydrogen-bond acceptors (Lipinski definition) is 5. The standard InChI is InChI=1S/C17H15N3O4/c1-24-16-7-3-2-6-15(16)17(21)19-18-12-4-5-13-8-10-14(11-9-13)20(22)23/h2-12H,1H3,(H,19,21). The van der Waals surface area contributed by atoms with E-state index in [-0.39, 0.29) is 11.6 Å². The number of nitrogens with zero attached hydrogens (tertiary/aromatic N) is 2. The number of hydrogen-bond donors (Lipinski definition) is 1. The molecule has 0 saturated carbocycles. The van der Waals surface area contributed by atoms with Crippen molar-refractivity contribution in [2.75, 3.05) is 7.11 Å². The van der Waals surface area contributed by atoms with Gasteiger partial charge in [0, 0.05) is 18.3 Å². The maximum absolute atomic E-state index is 12.0. The molecule has 0 heterocycles. The Labute approximate surface area is 138 Å². The van der Waals surface area contributed by atoms with Gasteiger partial charge in [-0.15, -0.1) is 0 Å². The van der Waals surface area contributed by atoms with Crippen LogP contribution in [0.25, 0.3) is 6.08 Å². The fourth-order valence-corrected chi connectivity index (χ4v) is 1.89. The van der Waals surface area contributed by atoms with E-state index >= 15 is 0 Å². The largest absolute Gasteiger partial charge is 0.496 e. The van der Waals surface area contributed by atoms with Gasteiger partial charge in [-0.3, -0.25) is 14.9 Å². The number of methoxy groups -OCH3 is 1. The van der Waals surface area contributed by atoms with Crippen molar-refractivity contribution in [3.63, 3.8) is 0 Å². The summed E-state index contributed by atoms with van der Waals surface area (Å²) >= 11 is 0. The molecule has 7 nitrogen and oxygen atoms in total. The number of carbonyl (C=O) groups is 1. The molecule has 0 bridgehead atoms. The molecule has 0 radical (unpaired) electrons. The second kappa shape index (κ2) is 8.23. The van der Waals surface area contributed by atoms with Crippen molar-refractivity contribution in [3.05, 3.63) is 75.8 Å². The average Bonchev–Trinajstić information content (AvgIpc) is 2.61. The van der Waals surface area contributed by atoms with E-state index in [1.165, 1.54) is 25.5 Å². The molecule has 0 aliphatic rings. The molecule has 0 atom stereocenters. The first-order valence-corrected chi connectivity index (χ1v) is 6.99. The Morgan fingerprint density at radius 3 is 2.58 bits per heavy atom. The van der Waals surface area contributed by atoms with E-state index in [2.05, 4.69) is 10.5 Å². The van der Waals surface area contributed by atoms with E-state index in [1.54, 1.807) is 48.6 Å². The maximum Gasteiger partial charge on any atom is 0.275 e. The lowest BCUT2D eigenvalue weighted by Crippen LogP contribution is -2.18. The van der Waals surface area contributed by atoms with Gasteiger partial charge >= 0.3 is 0 Å². The minimum Gasteiger partial charge on any atom is -0.496 e. The maximum atomic E-state index is 12.0. The van der Waals surface area contributed by atoms with E-state index in [9.17, 15) is 14.9 Å². The molecule has 0 spiro atoms. The number of amides is 1. The van der Waals surface area contributed by atoms with Crippen LogP contribution in [0.2, 0.25) is 0 Å². The van der Waals surface area contributed by atoms with Gasteiger partial charge in [0.1, 0.15) is 5.75 Å². The minimum atomic E-state index is -0.456. The zero-order valence-corrected chi connectivity index (χ0v) is 12.9. The number of nitro benzene ring substituents is 1. The molecule has 0 saturated heterocycles. The highest BCUT2D eigenvalue weighted by Crippen LogP contribution is 2.16. The predicted octanol–water partition coefficient (Wildman–Crippen LogP) is 3.03. The van der Waals surface area contributed by atoms with Crippen molar-refractivity contribution >= 4 is 23.9 Å². The zero-order chi connectivity index (χ0) is 17.4. The van der Waals surface area contributed by atoms with Crippen LogP contribution in [0.15, 0.2) is 59.7 Å². The van der Waals surface area contributed by atoms with Crippen LogP contribution in [-0.2, 0) is 0 Å². The molecule has 2 aromatic carbocycles. The van der Waals surface area contributed by atoms with Crippen LogP contribution in [0.5, 0.6) is 5.75 Å². The lowest BCUT2D eigenvalue weighted by molar-refractivity contribution is -0.384. The third-order valence-electron chi connectivity index (χ3n) is 3.07. The number of para-hydroxylation sites is 1. The van der Waals surface area contributed by atoms with Gasteiger partial charge in [-0.2, -0.15) is 5.10 Å². The number of benzene rings is 2. The number of nitro groups is 1. The highest BCUT2D eigenvalue weighted by atomic mass is 16.6. The van der Waals surface area contributed by atoms with Crippen LogP contribution >= 0.6 is 0 Å². The van der Waals surface area contributed by atoms with Gasteiger partial charge in [0.05, 0.1) is 17.6 Å². The van der Waals surface area contributed by atoms with Crippen LogP contribution in [0.4, 0.5) is 5.69 Å². The van der Waals surface area contributed by atoms with E-state index in [0.717, 1.165) is 5.56 Å². The van der Waals surface area contributed by atoms with Crippen LogP contribution < -0.4 is 10.2 Å². The summed E-state index contributed by atoms with van der Waals surface area (Å²) in [5.41, 5.74) is 3.59. The van der Waals surface area contributed by atoms with Crippen molar-refractivity contribution in [3.8, 4) is 5.75 Å². The molecule has 1 amide bonds. The SMILES string of the molecule is COc1ccccc1C(=O)NN=CC=Cc1ccc([N+](=O)[O-])cc1. The van der Waals surface area contributed by atoms with Gasteiger partial charge in [-0.25, -0.2) is 5.43 Å². The molecule has 0 aliphatic carbocycles. The number of rotatable bonds is 6. The Morgan fingerprint density at radius 1 is 1.21 bits per heavy atom. The first-order chi connectivity index (χ1) is 11.6.